The summed E-state index contributed by atoms with van der Waals surface area (Å²) >= 11 is 2.15. The molecule has 0 aromatic carbocycles. The van der Waals surface area contributed by atoms with Gasteiger partial charge in [0.25, 0.3) is 0 Å². The van der Waals surface area contributed by atoms with E-state index in [1.165, 1.54) is 0 Å². The number of sulfonamides is 1. The molecule has 1 unspecified atom stereocenters. The Morgan fingerprint density at radius 2 is 2.04 bits per heavy atom. The fraction of sp³-hybridized carbons (Fsp3) is 0.444. The molecule has 0 fully saturated rings. The molecule has 0 aliphatic rings. The van der Waals surface area contributed by atoms with Gasteiger partial charge in [0.15, 0.2) is 5.96 Å². The first-order chi connectivity index (χ1) is 10.5. The van der Waals surface area contributed by atoms with Gasteiger partial charge in [-0.25, -0.2) is 4.98 Å². The van der Waals surface area contributed by atoms with Gasteiger partial charge in [-0.1, -0.05) is 0 Å². The van der Waals surface area contributed by atoms with Gasteiger partial charge in [-0.05, 0) is 6.26 Å². The molecule has 0 aliphatic heterocycles. The minimum Gasteiger partial charge on any atom is -0.386 e. The highest BCUT2D eigenvalue weighted by atomic mass is 32.2. The number of aliphatic imine (C=N–C) groups is 1. The highest BCUT2D eigenvalue weighted by Gasteiger charge is 2.46. The van der Waals surface area contributed by atoms with Crippen LogP contribution in [0.3, 0.4) is 0 Å². The zero-order valence-electron chi connectivity index (χ0n) is 11.6. The monoisotopic (exact) mass is 390 g/mol. The lowest BCUT2D eigenvalue weighted by atomic mass is 10.2. The van der Waals surface area contributed by atoms with Crippen LogP contribution in [0.15, 0.2) is 14.8 Å². The lowest BCUT2D eigenvalue weighted by Crippen LogP contribution is -2.32. The maximum Gasteiger partial charge on any atom is 0.518 e. The normalized spacial score (nSPS) is 14.5. The van der Waals surface area contributed by atoms with Crippen molar-refractivity contribution in [1.29, 1.82) is 0 Å². The van der Waals surface area contributed by atoms with Crippen LogP contribution in [0.5, 0.6) is 0 Å². The van der Waals surface area contributed by atoms with Crippen LogP contribution in [-0.2, 0) is 16.4 Å². The second kappa shape index (κ2) is 7.35. The van der Waals surface area contributed by atoms with Crippen molar-refractivity contribution in [2.24, 2.45) is 26.6 Å². The summed E-state index contributed by atoms with van der Waals surface area (Å²) in [6.07, 6.45) is 1.62. The molecule has 1 aromatic rings. The van der Waals surface area contributed by atoms with Gasteiger partial charge >= 0.3 is 15.5 Å². The van der Waals surface area contributed by atoms with Gasteiger partial charge in [-0.3, -0.25) is 0 Å². The van der Waals surface area contributed by atoms with Gasteiger partial charge < -0.3 is 17.2 Å². The van der Waals surface area contributed by atoms with Gasteiger partial charge in [0.1, 0.15) is 5.84 Å². The van der Waals surface area contributed by atoms with Crippen LogP contribution in [-0.4, -0.2) is 42.2 Å². The third-order valence-electron chi connectivity index (χ3n) is 2.29. The summed E-state index contributed by atoms with van der Waals surface area (Å²) in [5.74, 6) is -0.851. The van der Waals surface area contributed by atoms with Gasteiger partial charge in [-0.2, -0.15) is 38.3 Å². The Morgan fingerprint density at radius 1 is 1.43 bits per heavy atom. The van der Waals surface area contributed by atoms with Crippen LogP contribution in [0.2, 0.25) is 0 Å². The predicted molar refractivity (Wildman–Crippen MR) is 85.2 cm³/mol. The Morgan fingerprint density at radius 3 is 2.52 bits per heavy atom. The molecule has 1 heterocycles. The lowest BCUT2D eigenvalue weighted by molar-refractivity contribution is -0.0435. The molecule has 0 bridgehead atoms. The molecule has 0 radical (unpaired) electrons. The van der Waals surface area contributed by atoms with Crippen molar-refractivity contribution >= 4 is 50.0 Å². The summed E-state index contributed by atoms with van der Waals surface area (Å²) < 4.78 is 61.6. The van der Waals surface area contributed by atoms with Crippen molar-refractivity contribution < 1.29 is 21.6 Å². The largest absolute Gasteiger partial charge is 0.518 e. The Labute approximate surface area is 138 Å². The Bertz CT molecular complexity index is 708. The quantitative estimate of drug-likeness (QED) is 0.473. The summed E-state index contributed by atoms with van der Waals surface area (Å²) in [5, 5.41) is 1.04. The number of nitrogens with zero attached hydrogens (tertiary/aromatic N) is 3. The van der Waals surface area contributed by atoms with Crippen molar-refractivity contribution in [1.82, 2.24) is 4.98 Å². The number of hydrogen-bond acceptors (Lipinski definition) is 6. The molecule has 8 nitrogen and oxygen atoms in total. The average molecular weight is 390 g/mol. The van der Waals surface area contributed by atoms with E-state index in [0.717, 1.165) is 23.1 Å². The zero-order valence-corrected chi connectivity index (χ0v) is 14.1. The molecular weight excluding hydrogens is 377 g/mol. The van der Waals surface area contributed by atoms with Crippen LogP contribution in [0.25, 0.3) is 0 Å². The number of rotatable bonds is 6. The van der Waals surface area contributed by atoms with Crippen molar-refractivity contribution in [3.8, 4) is 0 Å². The lowest BCUT2D eigenvalue weighted by Gasteiger charge is -2.13. The van der Waals surface area contributed by atoms with E-state index >= 15 is 0 Å². The number of hydrogen-bond donors (Lipinski definition) is 3. The molecule has 1 atom stereocenters. The number of amidine groups is 1. The van der Waals surface area contributed by atoms with Crippen molar-refractivity contribution in [3.63, 3.8) is 0 Å². The van der Waals surface area contributed by atoms with E-state index in [1.807, 2.05) is 0 Å². The fourth-order valence-corrected chi connectivity index (χ4v) is 3.22. The first kappa shape index (κ1) is 19.5. The summed E-state index contributed by atoms with van der Waals surface area (Å²) in [6.45, 7) is 0. The van der Waals surface area contributed by atoms with E-state index in [1.54, 1.807) is 11.6 Å². The first-order valence-corrected chi connectivity index (χ1v) is 9.30. The number of halogens is 3. The average Bonchev–Trinajstić information content (AvgIpc) is 2.80. The zero-order chi connectivity index (χ0) is 17.8. The summed E-state index contributed by atoms with van der Waals surface area (Å²) in [5.41, 5.74) is 10.7. The van der Waals surface area contributed by atoms with Crippen LogP contribution in [0.4, 0.5) is 18.3 Å². The molecule has 0 spiro atoms. The molecule has 1 rings (SSSR count). The molecular formula is C9H13F3N6O2S3. The highest BCUT2D eigenvalue weighted by molar-refractivity contribution is 8.00. The predicted octanol–water partition coefficient (Wildman–Crippen LogP) is 0.529. The maximum atomic E-state index is 12.3. The van der Waals surface area contributed by atoms with E-state index < -0.39 is 26.6 Å². The maximum absolute atomic E-state index is 12.3. The van der Waals surface area contributed by atoms with Crippen LogP contribution in [0, 0.1) is 0 Å². The van der Waals surface area contributed by atoms with Gasteiger partial charge in [0, 0.05) is 11.8 Å². The molecule has 0 aliphatic carbocycles. The van der Waals surface area contributed by atoms with Crippen molar-refractivity contribution in [2.45, 2.75) is 17.2 Å². The highest BCUT2D eigenvalue weighted by Crippen LogP contribution is 2.26. The molecule has 0 saturated heterocycles. The van der Waals surface area contributed by atoms with Gasteiger partial charge in [0.05, 0.1) is 10.9 Å². The molecule has 0 saturated carbocycles. The molecule has 0 amide bonds. The van der Waals surface area contributed by atoms with Crippen LogP contribution in [0.1, 0.15) is 5.69 Å². The third kappa shape index (κ3) is 5.54. The fourth-order valence-electron chi connectivity index (χ4n) is 1.30. The van der Waals surface area contributed by atoms with Gasteiger partial charge in [0.2, 0.25) is 5.13 Å². The topological polar surface area (TPSA) is 150 Å². The van der Waals surface area contributed by atoms with E-state index in [0.29, 0.717) is 5.69 Å². The number of thiazole rings is 1. The smallest absolute Gasteiger partial charge is 0.386 e. The van der Waals surface area contributed by atoms with E-state index in [4.69, 9.17) is 17.2 Å². The molecule has 130 valence electrons. The van der Waals surface area contributed by atoms with E-state index in [9.17, 15) is 21.6 Å². The number of thioether (sulfide) groups is 1. The summed E-state index contributed by atoms with van der Waals surface area (Å²) in [4.78, 5) is 7.76. The second-order valence-corrected chi connectivity index (χ2v) is 7.50. The Balaban J connectivity index is 2.97. The first-order valence-electron chi connectivity index (χ1n) is 5.69. The standard InChI is InChI=1S/C9H13F3N6O2S3/c1-21-5(6(13)18-23(19,20)9(10,11)12)2-4-3-22-8(16-4)17-7(14)15/h3,5H,2H2,1H3,(H2,13,18)(H4,14,15,16,17). The molecule has 6 N–H and O–H groups in total. The number of aromatic nitrogens is 1. The third-order valence-corrected chi connectivity index (χ3v) is 5.09. The summed E-state index contributed by atoms with van der Waals surface area (Å²) in [6, 6.07) is 0. The molecule has 23 heavy (non-hydrogen) atoms. The van der Waals surface area contributed by atoms with Crippen molar-refractivity contribution in [3.05, 3.63) is 11.1 Å². The Hall–Kier alpha value is -1.54. The number of nitrogens with two attached hydrogens (primary N) is 3. The van der Waals surface area contributed by atoms with Gasteiger partial charge in [-0.15, -0.1) is 15.7 Å². The van der Waals surface area contributed by atoms with Crippen molar-refractivity contribution in [2.75, 3.05) is 6.26 Å². The second-order valence-electron chi connectivity index (χ2n) is 4.02. The van der Waals surface area contributed by atoms with Crippen LogP contribution >= 0.6 is 23.1 Å². The SMILES string of the molecule is CSC(Cc1csc(N=C(N)N)n1)C(N)=NS(=O)(=O)C(F)(F)F. The minimum atomic E-state index is -5.68. The Kier molecular flexibility index (Phi) is 6.24. The minimum absolute atomic E-state index is 0.0698. The van der Waals surface area contributed by atoms with Crippen LogP contribution < -0.4 is 17.2 Å². The number of alkyl halides is 3. The van der Waals surface area contributed by atoms with E-state index in [-0.39, 0.29) is 17.5 Å². The molecule has 14 heteroatoms. The number of guanidine groups is 1. The van der Waals surface area contributed by atoms with E-state index in [2.05, 4.69) is 14.4 Å². The summed E-state index contributed by atoms with van der Waals surface area (Å²) in [7, 11) is -5.68. The molecule has 1 aromatic heterocycles.